The molecule has 33 heavy (non-hydrogen) atoms. The van der Waals surface area contributed by atoms with Crippen LogP contribution in [-0.4, -0.2) is 11.3 Å². The zero-order chi connectivity index (χ0) is 24.8. The Bertz CT molecular complexity index is 1090. The molecule has 0 aliphatic rings. The number of halogens is 8. The molecule has 0 aromatic heterocycles. The van der Waals surface area contributed by atoms with Gasteiger partial charge in [-0.25, -0.2) is 0 Å². The Morgan fingerprint density at radius 2 is 1.33 bits per heavy atom. The number of phenols is 1. The minimum atomic E-state index is -4.96. The summed E-state index contributed by atoms with van der Waals surface area (Å²) in [7, 11) is 9.87. The molecule has 0 spiro atoms. The van der Waals surface area contributed by atoms with Gasteiger partial charge in [-0.2, -0.15) is 26.3 Å². The van der Waals surface area contributed by atoms with E-state index >= 15 is 0 Å². The second-order valence-corrected chi connectivity index (χ2v) is 10.4. The number of aryl methyl sites for hydroxylation is 1. The molecule has 2 nitrogen and oxygen atoms in total. The second kappa shape index (κ2) is 11.5. The van der Waals surface area contributed by atoms with E-state index in [2.05, 4.69) is 4.99 Å². The molecule has 11 heteroatoms. The average Bonchev–Trinajstić information content (AvgIpc) is 2.74. The SMILES string of the molecule is Cc1cc(-c2ccccc2)cc(C=Nc2cc(C(F)(F)F)cc(C(F)(F)F)c2)c1O.[Cl][Zr][Cl]. The molecular formula is C22H15Cl2F6NOZr. The number of hydrogen-bond donors (Lipinski definition) is 1. The van der Waals surface area contributed by atoms with E-state index in [0.717, 1.165) is 11.8 Å². The first-order chi connectivity index (χ1) is 15.4. The molecule has 0 aliphatic heterocycles. The van der Waals surface area contributed by atoms with Crippen LogP contribution in [-0.2, 0) is 33.2 Å². The predicted molar refractivity (Wildman–Crippen MR) is 114 cm³/mol. The van der Waals surface area contributed by atoms with Gasteiger partial charge in [-0.3, -0.25) is 4.99 Å². The molecule has 1 N–H and O–H groups in total. The summed E-state index contributed by atoms with van der Waals surface area (Å²) in [5.74, 6) is -0.165. The van der Waals surface area contributed by atoms with Gasteiger partial charge >= 0.3 is 50.2 Å². The number of benzene rings is 3. The van der Waals surface area contributed by atoms with Gasteiger partial charge in [-0.05, 0) is 53.9 Å². The third-order valence-electron chi connectivity index (χ3n) is 4.36. The van der Waals surface area contributed by atoms with Crippen molar-refractivity contribution in [2.24, 2.45) is 4.99 Å². The fraction of sp³-hybridized carbons (Fsp3) is 0.136. The summed E-state index contributed by atoms with van der Waals surface area (Å²) in [6, 6.07) is 13.5. The Balaban J connectivity index is 0.00000122. The summed E-state index contributed by atoms with van der Waals surface area (Å²) < 4.78 is 78.0. The minimum absolute atomic E-state index is 0.0384. The average molecular weight is 585 g/mol. The van der Waals surface area contributed by atoms with Crippen molar-refractivity contribution < 1.29 is 52.3 Å². The second-order valence-electron chi connectivity index (χ2n) is 6.69. The van der Waals surface area contributed by atoms with Crippen molar-refractivity contribution in [2.75, 3.05) is 0 Å². The van der Waals surface area contributed by atoms with Crippen molar-refractivity contribution in [1.29, 1.82) is 0 Å². The van der Waals surface area contributed by atoms with Crippen LogP contribution < -0.4 is 0 Å². The normalized spacial score (nSPS) is 11.8. The number of hydrogen-bond acceptors (Lipinski definition) is 2. The Hall–Kier alpha value is -1.83. The van der Waals surface area contributed by atoms with Crippen LogP contribution in [0.25, 0.3) is 11.1 Å². The Kier molecular flexibility index (Phi) is 9.59. The fourth-order valence-corrected chi connectivity index (χ4v) is 2.86. The molecule has 0 heterocycles. The Labute approximate surface area is 204 Å². The number of nitrogens with zero attached hydrogens (tertiary/aromatic N) is 1. The molecular weight excluding hydrogens is 570 g/mol. The van der Waals surface area contributed by atoms with E-state index in [0.29, 0.717) is 23.3 Å². The van der Waals surface area contributed by atoms with Crippen LogP contribution in [0.1, 0.15) is 22.3 Å². The molecule has 0 unspecified atom stereocenters. The van der Waals surface area contributed by atoms with Crippen LogP contribution in [0.5, 0.6) is 5.75 Å². The molecule has 0 atom stereocenters. The molecule has 0 aliphatic carbocycles. The van der Waals surface area contributed by atoms with Gasteiger partial charge < -0.3 is 5.11 Å². The van der Waals surface area contributed by atoms with Gasteiger partial charge in [0.25, 0.3) is 0 Å². The van der Waals surface area contributed by atoms with Crippen LogP contribution in [0.2, 0.25) is 0 Å². The van der Waals surface area contributed by atoms with Gasteiger partial charge in [0, 0.05) is 11.8 Å². The number of phenolic OH excluding ortho intramolecular Hbond substituents is 1. The summed E-state index contributed by atoms with van der Waals surface area (Å²) in [5.41, 5.74) is -1.25. The van der Waals surface area contributed by atoms with E-state index in [1.807, 2.05) is 30.3 Å². The summed E-state index contributed by atoms with van der Waals surface area (Å²) in [6.45, 7) is 1.63. The summed E-state index contributed by atoms with van der Waals surface area (Å²) >= 11 is -0.826. The van der Waals surface area contributed by atoms with Gasteiger partial charge in [-0.15, -0.1) is 0 Å². The molecule has 0 radical (unpaired) electrons. The maximum atomic E-state index is 13.0. The Morgan fingerprint density at radius 3 is 1.82 bits per heavy atom. The molecule has 3 rings (SSSR count). The van der Waals surface area contributed by atoms with Crippen molar-refractivity contribution in [3.8, 4) is 16.9 Å². The third-order valence-corrected chi connectivity index (χ3v) is 4.36. The van der Waals surface area contributed by atoms with Crippen molar-refractivity contribution in [1.82, 2.24) is 0 Å². The molecule has 174 valence electrons. The molecule has 0 saturated carbocycles. The van der Waals surface area contributed by atoms with E-state index in [1.54, 1.807) is 19.1 Å². The quantitative estimate of drug-likeness (QED) is 0.243. The standard InChI is InChI=1S/C22H15F6NO.2ClH.Zr/c1-13-7-15(14-5-3-2-4-6-14)8-16(20(13)30)12-29-19-10-17(21(23,24)25)9-18(11-19)22(26,27)28;;;/h2-12,30H,1H3;2*1H;/q;;;+2/p-2. The third kappa shape index (κ3) is 7.87. The van der Waals surface area contributed by atoms with E-state index in [4.69, 9.17) is 17.0 Å². The van der Waals surface area contributed by atoms with E-state index in [1.165, 1.54) is 0 Å². The topological polar surface area (TPSA) is 32.6 Å². The van der Waals surface area contributed by atoms with Crippen LogP contribution in [0.4, 0.5) is 32.0 Å². The molecule has 3 aromatic carbocycles. The first-order valence-corrected chi connectivity index (χ1v) is 15.4. The van der Waals surface area contributed by atoms with Crippen LogP contribution in [0, 0.1) is 6.92 Å². The molecule has 3 aromatic rings. The van der Waals surface area contributed by atoms with Crippen molar-refractivity contribution >= 4 is 28.9 Å². The molecule has 0 bridgehead atoms. The zero-order valence-electron chi connectivity index (χ0n) is 16.8. The Morgan fingerprint density at radius 1 is 0.818 bits per heavy atom. The van der Waals surface area contributed by atoms with E-state index in [-0.39, 0.29) is 17.4 Å². The van der Waals surface area contributed by atoms with Gasteiger partial charge in [0.05, 0.1) is 16.8 Å². The van der Waals surface area contributed by atoms with Crippen LogP contribution in [0.3, 0.4) is 0 Å². The summed E-state index contributed by atoms with van der Waals surface area (Å²) in [4.78, 5) is 3.78. The van der Waals surface area contributed by atoms with Gasteiger partial charge in [0.15, 0.2) is 0 Å². The number of aromatic hydroxyl groups is 1. The van der Waals surface area contributed by atoms with E-state index < -0.39 is 50.0 Å². The molecule has 0 saturated heterocycles. The van der Waals surface area contributed by atoms with Gasteiger partial charge in [-0.1, -0.05) is 30.3 Å². The monoisotopic (exact) mass is 583 g/mol. The maximum absolute atomic E-state index is 13.0. The first kappa shape index (κ1) is 27.4. The van der Waals surface area contributed by atoms with Crippen molar-refractivity contribution in [3.05, 3.63) is 82.9 Å². The fourth-order valence-electron chi connectivity index (χ4n) is 2.86. The van der Waals surface area contributed by atoms with Crippen molar-refractivity contribution in [2.45, 2.75) is 19.3 Å². The summed E-state index contributed by atoms with van der Waals surface area (Å²) in [6.07, 6.45) is -8.88. The van der Waals surface area contributed by atoms with Crippen LogP contribution >= 0.6 is 17.0 Å². The number of aliphatic imine (C=N–C) groups is 1. The molecule has 0 amide bonds. The van der Waals surface area contributed by atoms with Gasteiger partial charge in [0.2, 0.25) is 0 Å². The zero-order valence-corrected chi connectivity index (χ0v) is 20.7. The van der Waals surface area contributed by atoms with Gasteiger partial charge in [0.1, 0.15) is 5.75 Å². The molecule has 0 fully saturated rings. The number of rotatable bonds is 3. The number of alkyl halides is 6. The van der Waals surface area contributed by atoms with Crippen LogP contribution in [0.15, 0.2) is 65.7 Å². The van der Waals surface area contributed by atoms with Crippen molar-refractivity contribution in [3.63, 3.8) is 0 Å². The van der Waals surface area contributed by atoms with E-state index in [9.17, 15) is 31.4 Å². The summed E-state index contributed by atoms with van der Waals surface area (Å²) in [5, 5.41) is 10.3. The first-order valence-electron chi connectivity index (χ1n) is 9.05. The predicted octanol–water partition coefficient (Wildman–Crippen LogP) is 8.53.